The molecule has 2 heterocycles. The molecule has 0 fully saturated rings. The summed E-state index contributed by atoms with van der Waals surface area (Å²) >= 11 is 3.53. The highest BCUT2D eigenvalue weighted by atomic mass is 79.9. The molecule has 1 aliphatic rings. The van der Waals surface area contributed by atoms with Gasteiger partial charge in [-0.3, -0.25) is 14.3 Å². The van der Waals surface area contributed by atoms with E-state index in [-0.39, 0.29) is 11.6 Å². The zero-order valence-corrected chi connectivity index (χ0v) is 20.9. The van der Waals surface area contributed by atoms with Crippen molar-refractivity contribution in [2.24, 2.45) is 0 Å². The average molecular weight is 511 g/mol. The van der Waals surface area contributed by atoms with Gasteiger partial charge in [-0.25, -0.2) is 15.0 Å². The van der Waals surface area contributed by atoms with Crippen LogP contribution in [0.1, 0.15) is 54.3 Å². The van der Waals surface area contributed by atoms with E-state index in [0.29, 0.717) is 12.4 Å². The summed E-state index contributed by atoms with van der Waals surface area (Å²) in [7, 11) is 1.97. The largest absolute Gasteiger partial charge is 0.318 e. The predicted molar refractivity (Wildman–Crippen MR) is 133 cm³/mol. The lowest BCUT2D eigenvalue weighted by Crippen LogP contribution is -2.39. The molecule has 1 atom stereocenters. The fourth-order valence-electron chi connectivity index (χ4n) is 4.54. The minimum Gasteiger partial charge on any atom is -0.318 e. The van der Waals surface area contributed by atoms with Crippen molar-refractivity contribution >= 4 is 15.9 Å². The molecule has 7 nitrogen and oxygen atoms in total. The smallest absolute Gasteiger partial charge is 0.257 e. The van der Waals surface area contributed by atoms with Crippen LogP contribution in [0.2, 0.25) is 0 Å². The highest BCUT2D eigenvalue weighted by molar-refractivity contribution is 9.10. The number of hydrogen-bond donors (Lipinski definition) is 1. The normalized spacial score (nSPS) is 13.9. The molecule has 1 aromatic carbocycles. The number of hydrogen-bond acceptors (Lipinski definition) is 6. The third-order valence-electron chi connectivity index (χ3n) is 6.21. The second kappa shape index (κ2) is 11.1. The molecule has 8 heteroatoms. The van der Waals surface area contributed by atoms with Crippen molar-refractivity contribution in [3.05, 3.63) is 86.0 Å². The van der Waals surface area contributed by atoms with Crippen LogP contribution < -0.4 is 10.9 Å². The first-order valence-corrected chi connectivity index (χ1v) is 12.4. The van der Waals surface area contributed by atoms with E-state index >= 15 is 0 Å². The van der Waals surface area contributed by atoms with Crippen LogP contribution in [0.4, 0.5) is 0 Å². The number of rotatable bonds is 10. The molecule has 0 saturated heterocycles. The first kappa shape index (κ1) is 23.7. The van der Waals surface area contributed by atoms with E-state index in [9.17, 15) is 4.79 Å². The molecule has 3 aromatic rings. The van der Waals surface area contributed by atoms with Crippen molar-refractivity contribution in [1.82, 2.24) is 29.7 Å². The van der Waals surface area contributed by atoms with Gasteiger partial charge in [0.15, 0.2) is 0 Å². The third kappa shape index (κ3) is 5.57. The van der Waals surface area contributed by atoms with Gasteiger partial charge in [-0.15, -0.1) is 0 Å². The van der Waals surface area contributed by atoms with Crippen LogP contribution in [0, 0.1) is 0 Å². The first-order valence-electron chi connectivity index (χ1n) is 11.6. The Bertz CT molecular complexity index is 1120. The van der Waals surface area contributed by atoms with E-state index < -0.39 is 0 Å². The molecule has 1 aliphatic carbocycles. The Labute approximate surface area is 203 Å². The monoisotopic (exact) mass is 510 g/mol. The Morgan fingerprint density at radius 1 is 1.18 bits per heavy atom. The quantitative estimate of drug-likeness (QED) is 0.449. The van der Waals surface area contributed by atoms with Crippen LogP contribution in [0.3, 0.4) is 0 Å². The highest BCUT2D eigenvalue weighted by Crippen LogP contribution is 2.27. The maximum atomic E-state index is 13.6. The Kier molecular flexibility index (Phi) is 8.01. The first-order chi connectivity index (χ1) is 16.1. The molecule has 1 N–H and O–H groups in total. The van der Waals surface area contributed by atoms with E-state index in [2.05, 4.69) is 67.3 Å². The van der Waals surface area contributed by atoms with E-state index in [0.717, 1.165) is 66.9 Å². The van der Waals surface area contributed by atoms with Crippen molar-refractivity contribution in [3.8, 4) is 0 Å². The summed E-state index contributed by atoms with van der Waals surface area (Å²) in [6.45, 7) is 4.98. The molecule has 0 bridgehead atoms. The Morgan fingerprint density at radius 2 is 1.94 bits per heavy atom. The van der Waals surface area contributed by atoms with E-state index in [1.165, 1.54) is 5.56 Å². The summed E-state index contributed by atoms with van der Waals surface area (Å²) in [6.07, 6.45) is 6.95. The van der Waals surface area contributed by atoms with Gasteiger partial charge in [0.05, 0.1) is 18.3 Å². The highest BCUT2D eigenvalue weighted by Gasteiger charge is 2.28. The van der Waals surface area contributed by atoms with E-state index in [4.69, 9.17) is 4.98 Å². The van der Waals surface area contributed by atoms with Gasteiger partial charge in [0, 0.05) is 42.1 Å². The molecule has 0 radical (unpaired) electrons. The fourth-order valence-corrected chi connectivity index (χ4v) is 4.80. The lowest BCUT2D eigenvalue weighted by atomic mass is 10.1. The lowest BCUT2D eigenvalue weighted by Gasteiger charge is -2.32. The Morgan fingerprint density at radius 3 is 2.64 bits per heavy atom. The number of likely N-dealkylation sites (N-methyl/N-ethyl adjacent to an activating group) is 1. The standard InChI is InChI=1S/C25H31BrN6O/c1-3-22(31(15-14-27-2)16-18-8-10-19(26)11-9-18)24-30-21-7-4-6-20(21)25(33)32(24)17-23-28-12-5-13-29-23/h5,8-13,22,27H,3-4,6-7,14-17H2,1-2H3. The molecule has 0 amide bonds. The summed E-state index contributed by atoms with van der Waals surface area (Å²) in [5.74, 6) is 1.45. The number of aryl methyl sites for hydroxylation is 1. The van der Waals surface area contributed by atoms with Gasteiger partial charge in [-0.2, -0.15) is 0 Å². The minimum atomic E-state index is 0.00399. The Hall–Kier alpha value is -2.42. The van der Waals surface area contributed by atoms with Gasteiger partial charge in [-0.1, -0.05) is 35.0 Å². The number of nitrogens with zero attached hydrogens (tertiary/aromatic N) is 5. The molecule has 0 spiro atoms. The number of benzene rings is 1. The van der Waals surface area contributed by atoms with Gasteiger partial charge in [0.25, 0.3) is 5.56 Å². The molecular weight excluding hydrogens is 480 g/mol. The molecule has 33 heavy (non-hydrogen) atoms. The maximum Gasteiger partial charge on any atom is 0.257 e. The van der Waals surface area contributed by atoms with Crippen LogP contribution >= 0.6 is 15.9 Å². The third-order valence-corrected chi connectivity index (χ3v) is 6.74. The zero-order chi connectivity index (χ0) is 23.2. The predicted octanol–water partition coefficient (Wildman–Crippen LogP) is 3.51. The topological polar surface area (TPSA) is 75.9 Å². The summed E-state index contributed by atoms with van der Waals surface area (Å²) in [4.78, 5) is 29.9. The summed E-state index contributed by atoms with van der Waals surface area (Å²) in [6, 6.07) is 10.2. The Balaban J connectivity index is 1.76. The SMILES string of the molecule is CCC(c1nc2c(c(=O)n1Cc1ncccn1)CCC2)N(CCNC)Cc1ccc(Br)cc1. The van der Waals surface area contributed by atoms with Crippen molar-refractivity contribution in [2.45, 2.75) is 51.7 Å². The van der Waals surface area contributed by atoms with Gasteiger partial charge >= 0.3 is 0 Å². The van der Waals surface area contributed by atoms with Gasteiger partial charge in [-0.05, 0) is 56.5 Å². The molecule has 1 unspecified atom stereocenters. The maximum absolute atomic E-state index is 13.6. The van der Waals surface area contributed by atoms with Crippen molar-refractivity contribution in [2.75, 3.05) is 20.1 Å². The van der Waals surface area contributed by atoms with Gasteiger partial charge in [0.2, 0.25) is 0 Å². The van der Waals surface area contributed by atoms with Crippen molar-refractivity contribution < 1.29 is 0 Å². The molecule has 2 aromatic heterocycles. The van der Waals surface area contributed by atoms with Crippen molar-refractivity contribution in [1.29, 1.82) is 0 Å². The van der Waals surface area contributed by atoms with Crippen LogP contribution in [-0.2, 0) is 25.9 Å². The molecule has 4 rings (SSSR count). The zero-order valence-electron chi connectivity index (χ0n) is 19.3. The van der Waals surface area contributed by atoms with Gasteiger partial charge < -0.3 is 5.32 Å². The van der Waals surface area contributed by atoms with Crippen LogP contribution in [0.15, 0.2) is 52.0 Å². The average Bonchev–Trinajstić information content (AvgIpc) is 3.31. The van der Waals surface area contributed by atoms with E-state index in [1.807, 2.05) is 11.6 Å². The number of nitrogens with one attached hydrogen (secondary N) is 1. The molecule has 174 valence electrons. The minimum absolute atomic E-state index is 0.00399. The second-order valence-corrected chi connectivity index (χ2v) is 9.35. The summed E-state index contributed by atoms with van der Waals surface area (Å²) in [5, 5.41) is 3.27. The van der Waals surface area contributed by atoms with E-state index in [1.54, 1.807) is 18.5 Å². The van der Waals surface area contributed by atoms with Crippen LogP contribution in [-0.4, -0.2) is 44.6 Å². The summed E-state index contributed by atoms with van der Waals surface area (Å²) < 4.78 is 2.89. The molecule has 0 aliphatic heterocycles. The van der Waals surface area contributed by atoms with Crippen molar-refractivity contribution in [3.63, 3.8) is 0 Å². The fraction of sp³-hybridized carbons (Fsp3) is 0.440. The van der Waals surface area contributed by atoms with Crippen LogP contribution in [0.5, 0.6) is 0 Å². The number of aromatic nitrogens is 4. The second-order valence-electron chi connectivity index (χ2n) is 8.43. The van der Waals surface area contributed by atoms with Gasteiger partial charge in [0.1, 0.15) is 11.6 Å². The summed E-state index contributed by atoms with van der Waals surface area (Å²) in [5.41, 5.74) is 3.12. The van der Waals surface area contributed by atoms with Crippen LogP contribution in [0.25, 0.3) is 0 Å². The number of fused-ring (bicyclic) bond motifs is 1. The number of halogens is 1. The molecule has 0 saturated carbocycles. The lowest BCUT2D eigenvalue weighted by molar-refractivity contribution is 0.172. The molecular formula is C25H31BrN6O.